The van der Waals surface area contributed by atoms with Gasteiger partial charge in [0.25, 0.3) is 0 Å². The molecule has 0 saturated heterocycles. The minimum atomic E-state index is 0.154. The number of aliphatic hydroxyl groups excluding tert-OH is 1. The van der Waals surface area contributed by atoms with E-state index in [1.807, 2.05) is 6.08 Å². The normalized spacial score (nSPS) is 14.3. The van der Waals surface area contributed by atoms with Crippen LogP contribution in [0.3, 0.4) is 0 Å². The Morgan fingerprint density at radius 3 is 0.935 bits per heavy atom. The van der Waals surface area contributed by atoms with Gasteiger partial charge < -0.3 is 5.11 Å². The maximum atomic E-state index is 8.90. The summed E-state index contributed by atoms with van der Waals surface area (Å²) in [5.74, 6) is 0. The molecule has 0 heterocycles. The molecule has 0 radical (unpaired) electrons. The molecule has 0 aromatic rings. The van der Waals surface area contributed by atoms with Gasteiger partial charge in [-0.15, -0.1) is 0 Å². The molecular formula is C30H50O. The Labute approximate surface area is 194 Å². The van der Waals surface area contributed by atoms with E-state index in [-0.39, 0.29) is 6.61 Å². The fraction of sp³-hybridized carbons (Fsp3) is 0.600. The van der Waals surface area contributed by atoms with Crippen molar-refractivity contribution in [3.05, 3.63) is 69.9 Å². The average Bonchev–Trinajstić information content (AvgIpc) is 2.68. The van der Waals surface area contributed by atoms with Gasteiger partial charge in [0.2, 0.25) is 0 Å². The van der Waals surface area contributed by atoms with Crippen molar-refractivity contribution in [2.75, 3.05) is 6.61 Å². The standard InChI is InChI=1S/C30H50O/c1-25(2)13-8-14-26(3)15-9-16-27(4)17-10-18-28(5)19-11-20-29(6)21-12-22-30(7)23-24-31/h13,15,17,19,21,23,31H,8-12,14,16,18,20,22,24H2,1-7H3/b26-15-,27-17-,28-19-,29-21-,30-23-. The molecule has 176 valence electrons. The lowest BCUT2D eigenvalue weighted by Crippen LogP contribution is -1.84. The molecule has 0 aliphatic carbocycles. The molecule has 0 saturated carbocycles. The third-order valence-corrected chi connectivity index (χ3v) is 5.66. The second-order valence-electron chi connectivity index (χ2n) is 9.41. The number of allylic oxidation sites excluding steroid dienone is 11. The Kier molecular flexibility index (Phi) is 18.1. The summed E-state index contributed by atoms with van der Waals surface area (Å²) in [4.78, 5) is 0. The first-order valence-electron chi connectivity index (χ1n) is 12.3. The lowest BCUT2D eigenvalue weighted by molar-refractivity contribution is 0.341. The molecule has 0 aliphatic rings. The fourth-order valence-electron chi connectivity index (χ4n) is 3.44. The highest BCUT2D eigenvalue weighted by atomic mass is 16.2. The van der Waals surface area contributed by atoms with Crippen molar-refractivity contribution in [3.8, 4) is 0 Å². The highest BCUT2D eigenvalue weighted by molar-refractivity contribution is 5.08. The second-order valence-corrected chi connectivity index (χ2v) is 9.41. The lowest BCUT2D eigenvalue weighted by atomic mass is 10.0. The van der Waals surface area contributed by atoms with Crippen LogP contribution in [0, 0.1) is 0 Å². The molecule has 0 aromatic carbocycles. The van der Waals surface area contributed by atoms with Crippen LogP contribution in [0.5, 0.6) is 0 Å². The first-order chi connectivity index (χ1) is 14.7. The van der Waals surface area contributed by atoms with Gasteiger partial charge in [0.15, 0.2) is 0 Å². The summed E-state index contributed by atoms with van der Waals surface area (Å²) in [6.45, 7) is 15.6. The van der Waals surface area contributed by atoms with Crippen molar-refractivity contribution < 1.29 is 5.11 Å². The Hall–Kier alpha value is -1.60. The molecule has 31 heavy (non-hydrogen) atoms. The zero-order valence-electron chi connectivity index (χ0n) is 21.7. The summed E-state index contributed by atoms with van der Waals surface area (Å²) in [5, 5.41) is 8.90. The summed E-state index contributed by atoms with van der Waals surface area (Å²) in [6, 6.07) is 0. The van der Waals surface area contributed by atoms with E-state index < -0.39 is 0 Å². The second kappa shape index (κ2) is 19.1. The molecule has 0 atom stereocenters. The summed E-state index contributed by atoms with van der Waals surface area (Å²) in [5.41, 5.74) is 8.71. The molecule has 0 rings (SSSR count). The Morgan fingerprint density at radius 2 is 0.677 bits per heavy atom. The monoisotopic (exact) mass is 426 g/mol. The van der Waals surface area contributed by atoms with Gasteiger partial charge in [-0.25, -0.2) is 0 Å². The first-order valence-corrected chi connectivity index (χ1v) is 12.3. The molecule has 1 N–H and O–H groups in total. The van der Waals surface area contributed by atoms with Crippen LogP contribution in [0.4, 0.5) is 0 Å². The largest absolute Gasteiger partial charge is 0.392 e. The van der Waals surface area contributed by atoms with Crippen LogP contribution in [-0.2, 0) is 0 Å². The molecule has 0 fully saturated rings. The van der Waals surface area contributed by atoms with Gasteiger partial charge in [0, 0.05) is 0 Å². The van der Waals surface area contributed by atoms with Gasteiger partial charge in [-0.05, 0) is 113 Å². The quantitative estimate of drug-likeness (QED) is 0.243. The highest BCUT2D eigenvalue weighted by Gasteiger charge is 1.95. The van der Waals surface area contributed by atoms with E-state index >= 15 is 0 Å². The van der Waals surface area contributed by atoms with E-state index in [1.54, 1.807) is 0 Å². The minimum Gasteiger partial charge on any atom is -0.392 e. The van der Waals surface area contributed by atoms with Gasteiger partial charge >= 0.3 is 0 Å². The topological polar surface area (TPSA) is 20.2 Å². The smallest absolute Gasteiger partial charge is 0.0614 e. The van der Waals surface area contributed by atoms with Crippen molar-refractivity contribution in [2.45, 2.75) is 113 Å². The van der Waals surface area contributed by atoms with E-state index in [0.29, 0.717) is 0 Å². The van der Waals surface area contributed by atoms with E-state index in [4.69, 9.17) is 5.11 Å². The average molecular weight is 427 g/mol. The highest BCUT2D eigenvalue weighted by Crippen LogP contribution is 2.15. The summed E-state index contributed by atoms with van der Waals surface area (Å²) < 4.78 is 0. The fourth-order valence-corrected chi connectivity index (χ4v) is 3.44. The Bertz CT molecular complexity index is 661. The predicted molar refractivity (Wildman–Crippen MR) is 141 cm³/mol. The van der Waals surface area contributed by atoms with Gasteiger partial charge in [0.1, 0.15) is 0 Å². The lowest BCUT2D eigenvalue weighted by Gasteiger charge is -2.03. The molecule has 0 amide bonds. The van der Waals surface area contributed by atoms with E-state index in [9.17, 15) is 0 Å². The molecule has 1 heteroatoms. The van der Waals surface area contributed by atoms with Crippen LogP contribution in [-0.4, -0.2) is 11.7 Å². The molecular weight excluding hydrogens is 376 g/mol. The van der Waals surface area contributed by atoms with E-state index in [2.05, 4.69) is 78.8 Å². The molecule has 1 nitrogen and oxygen atoms in total. The maximum Gasteiger partial charge on any atom is 0.0614 e. The van der Waals surface area contributed by atoms with Crippen molar-refractivity contribution in [3.63, 3.8) is 0 Å². The summed E-state index contributed by atoms with van der Waals surface area (Å²) in [6.07, 6.45) is 25.3. The van der Waals surface area contributed by atoms with Crippen molar-refractivity contribution in [1.29, 1.82) is 0 Å². The van der Waals surface area contributed by atoms with Crippen LogP contribution < -0.4 is 0 Å². The maximum absolute atomic E-state index is 8.90. The number of aliphatic hydroxyl groups is 1. The van der Waals surface area contributed by atoms with Gasteiger partial charge in [-0.2, -0.15) is 0 Å². The van der Waals surface area contributed by atoms with Crippen LogP contribution in [0.1, 0.15) is 113 Å². The van der Waals surface area contributed by atoms with Crippen LogP contribution in [0.25, 0.3) is 0 Å². The third-order valence-electron chi connectivity index (χ3n) is 5.66. The van der Waals surface area contributed by atoms with Crippen molar-refractivity contribution >= 4 is 0 Å². The van der Waals surface area contributed by atoms with E-state index in [0.717, 1.165) is 32.1 Å². The van der Waals surface area contributed by atoms with Gasteiger partial charge in [0.05, 0.1) is 6.61 Å². The molecule has 0 bridgehead atoms. The van der Waals surface area contributed by atoms with Gasteiger partial charge in [-0.1, -0.05) is 69.9 Å². The number of hydrogen-bond acceptors (Lipinski definition) is 1. The Balaban J connectivity index is 4.09. The van der Waals surface area contributed by atoms with E-state index in [1.165, 1.54) is 65.5 Å². The minimum absolute atomic E-state index is 0.154. The zero-order valence-corrected chi connectivity index (χ0v) is 21.7. The number of hydrogen-bond donors (Lipinski definition) is 1. The van der Waals surface area contributed by atoms with Crippen molar-refractivity contribution in [2.24, 2.45) is 0 Å². The van der Waals surface area contributed by atoms with Crippen LogP contribution >= 0.6 is 0 Å². The molecule has 0 aromatic heterocycles. The van der Waals surface area contributed by atoms with Crippen LogP contribution in [0.15, 0.2) is 69.9 Å². The zero-order chi connectivity index (χ0) is 23.5. The number of rotatable bonds is 16. The molecule has 0 aliphatic heterocycles. The van der Waals surface area contributed by atoms with Gasteiger partial charge in [-0.3, -0.25) is 0 Å². The SMILES string of the molecule is CC(C)=CCC/C(C)=C\CC/C(C)=C\CC/C(C)=C\CC/C(C)=C\CC/C(C)=C\CO. The summed E-state index contributed by atoms with van der Waals surface area (Å²) in [7, 11) is 0. The predicted octanol–water partition coefficient (Wildman–Crippen LogP) is 9.58. The molecule has 0 spiro atoms. The Morgan fingerprint density at radius 1 is 0.419 bits per heavy atom. The first kappa shape index (κ1) is 29.4. The third kappa shape index (κ3) is 20.1. The molecule has 0 unspecified atom stereocenters. The van der Waals surface area contributed by atoms with Crippen LogP contribution in [0.2, 0.25) is 0 Å². The summed E-state index contributed by atoms with van der Waals surface area (Å²) >= 11 is 0. The van der Waals surface area contributed by atoms with Crippen molar-refractivity contribution in [1.82, 2.24) is 0 Å².